The molecule has 0 bridgehead atoms. The van der Waals surface area contributed by atoms with Crippen molar-refractivity contribution in [1.82, 2.24) is 5.43 Å². The number of methoxy groups -OCH3 is 1. The molecule has 0 saturated heterocycles. The Morgan fingerprint density at radius 2 is 1.86 bits per heavy atom. The predicted octanol–water partition coefficient (Wildman–Crippen LogP) is 3.43. The van der Waals surface area contributed by atoms with Gasteiger partial charge in [0.1, 0.15) is 17.3 Å². The first kappa shape index (κ1) is 19.8. The molecule has 29 heavy (non-hydrogen) atoms. The lowest BCUT2D eigenvalue weighted by molar-refractivity contribution is -0.119. The van der Waals surface area contributed by atoms with Crippen LogP contribution in [0.15, 0.2) is 70.2 Å². The number of nitrogens with one attached hydrogen (secondary N) is 2. The number of ether oxygens (including phenoxy) is 1. The van der Waals surface area contributed by atoms with Crippen molar-refractivity contribution in [2.75, 3.05) is 19.0 Å². The highest BCUT2D eigenvalue weighted by molar-refractivity contribution is 5.96. The summed E-state index contributed by atoms with van der Waals surface area (Å²) in [6, 6.07) is 15.9. The summed E-state index contributed by atoms with van der Waals surface area (Å²) in [6.07, 6.45) is 1.35. The number of anilines is 1. The van der Waals surface area contributed by atoms with Crippen molar-refractivity contribution in [2.24, 2.45) is 5.10 Å². The van der Waals surface area contributed by atoms with Gasteiger partial charge in [-0.05, 0) is 42.5 Å². The van der Waals surface area contributed by atoms with E-state index >= 15 is 0 Å². The topological polar surface area (TPSA) is 92.9 Å². The molecule has 2 N–H and O–H groups in total. The van der Waals surface area contributed by atoms with Crippen molar-refractivity contribution in [3.05, 3.63) is 77.8 Å². The number of nitrogens with zero attached hydrogens (tertiary/aromatic N) is 1. The Balaban J connectivity index is 1.57. The van der Waals surface area contributed by atoms with E-state index < -0.39 is 5.97 Å². The van der Waals surface area contributed by atoms with Crippen LogP contribution in [-0.4, -0.2) is 31.7 Å². The molecule has 1 heterocycles. The number of hydrogen-bond acceptors (Lipinski definition) is 6. The third kappa shape index (κ3) is 5.29. The van der Waals surface area contributed by atoms with E-state index in [-0.39, 0.29) is 18.3 Å². The predicted molar refractivity (Wildman–Crippen MR) is 106 cm³/mol. The van der Waals surface area contributed by atoms with E-state index in [0.717, 1.165) is 0 Å². The number of benzene rings is 2. The molecule has 0 aliphatic carbocycles. The summed E-state index contributed by atoms with van der Waals surface area (Å²) in [5.41, 5.74) is 3.95. The van der Waals surface area contributed by atoms with Crippen LogP contribution in [0.5, 0.6) is 0 Å². The molecule has 0 radical (unpaired) electrons. The first-order valence-corrected chi connectivity index (χ1v) is 8.65. The third-order valence-electron chi connectivity index (χ3n) is 3.90. The number of carbonyl (C=O) groups excluding carboxylic acids is 2. The number of hydrazone groups is 1. The highest BCUT2D eigenvalue weighted by Crippen LogP contribution is 2.25. The lowest BCUT2D eigenvalue weighted by Gasteiger charge is -2.05. The number of furan rings is 1. The molecule has 148 valence electrons. The summed E-state index contributed by atoms with van der Waals surface area (Å²) in [5, 5.41) is 6.69. The minimum Gasteiger partial charge on any atom is -0.465 e. The van der Waals surface area contributed by atoms with E-state index in [1.165, 1.54) is 37.6 Å². The van der Waals surface area contributed by atoms with Crippen molar-refractivity contribution >= 4 is 23.8 Å². The SMILES string of the molecule is COC(=O)c1ccccc1-c1ccc(/C=N\NC(=O)CNc2ccc(F)cc2)o1. The molecule has 8 heteroatoms. The summed E-state index contributed by atoms with van der Waals surface area (Å²) in [6.45, 7) is -0.0289. The minimum absolute atomic E-state index is 0.0289. The summed E-state index contributed by atoms with van der Waals surface area (Å²) in [4.78, 5) is 23.7. The number of hydrogen-bond donors (Lipinski definition) is 2. The Bertz CT molecular complexity index is 1030. The normalized spacial score (nSPS) is 10.7. The maximum absolute atomic E-state index is 12.8. The zero-order chi connectivity index (χ0) is 20.6. The van der Waals surface area contributed by atoms with E-state index in [9.17, 15) is 14.0 Å². The zero-order valence-corrected chi connectivity index (χ0v) is 15.5. The van der Waals surface area contributed by atoms with E-state index in [1.807, 2.05) is 0 Å². The van der Waals surface area contributed by atoms with Gasteiger partial charge in [-0.2, -0.15) is 5.10 Å². The van der Waals surface area contributed by atoms with E-state index in [1.54, 1.807) is 36.4 Å². The van der Waals surface area contributed by atoms with E-state index in [0.29, 0.717) is 28.3 Å². The Morgan fingerprint density at radius 3 is 2.62 bits per heavy atom. The van der Waals surface area contributed by atoms with Crippen LogP contribution in [0.4, 0.5) is 10.1 Å². The van der Waals surface area contributed by atoms with Gasteiger partial charge in [-0.25, -0.2) is 14.6 Å². The van der Waals surface area contributed by atoms with Crippen LogP contribution in [-0.2, 0) is 9.53 Å². The zero-order valence-electron chi connectivity index (χ0n) is 15.5. The van der Waals surface area contributed by atoms with Gasteiger partial charge in [-0.15, -0.1) is 0 Å². The van der Waals surface area contributed by atoms with Crippen LogP contribution in [0, 0.1) is 5.82 Å². The average molecular weight is 395 g/mol. The molecule has 1 amide bonds. The number of amides is 1. The fourth-order valence-electron chi connectivity index (χ4n) is 2.51. The molecule has 3 rings (SSSR count). The highest BCUT2D eigenvalue weighted by atomic mass is 19.1. The van der Waals surface area contributed by atoms with Gasteiger partial charge in [0.25, 0.3) is 5.91 Å². The summed E-state index contributed by atoms with van der Waals surface area (Å²) >= 11 is 0. The molecule has 0 fully saturated rings. The fraction of sp³-hybridized carbons (Fsp3) is 0.0952. The molecule has 0 aliphatic rings. The number of halogens is 1. The second-order valence-electron chi connectivity index (χ2n) is 5.89. The molecule has 1 aromatic heterocycles. The average Bonchev–Trinajstić information content (AvgIpc) is 3.21. The first-order chi connectivity index (χ1) is 14.1. The lowest BCUT2D eigenvalue weighted by atomic mass is 10.1. The van der Waals surface area contributed by atoms with Gasteiger partial charge in [-0.1, -0.05) is 18.2 Å². The van der Waals surface area contributed by atoms with Crippen LogP contribution in [0.2, 0.25) is 0 Å². The maximum atomic E-state index is 12.8. The van der Waals surface area contributed by atoms with Crippen LogP contribution in [0.3, 0.4) is 0 Å². The molecule has 7 nitrogen and oxygen atoms in total. The van der Waals surface area contributed by atoms with Crippen molar-refractivity contribution < 1.29 is 23.1 Å². The Labute approximate surface area is 166 Å². The van der Waals surface area contributed by atoms with Gasteiger partial charge in [0, 0.05) is 11.3 Å². The number of carbonyl (C=O) groups is 2. The molecule has 0 saturated carbocycles. The molecule has 3 aromatic rings. The van der Waals surface area contributed by atoms with Crippen molar-refractivity contribution in [3.8, 4) is 11.3 Å². The second-order valence-corrected chi connectivity index (χ2v) is 5.89. The van der Waals surface area contributed by atoms with Crippen LogP contribution < -0.4 is 10.7 Å². The lowest BCUT2D eigenvalue weighted by Crippen LogP contribution is -2.25. The largest absolute Gasteiger partial charge is 0.465 e. The molecular weight excluding hydrogens is 377 g/mol. The molecular formula is C21H18FN3O4. The quantitative estimate of drug-likeness (QED) is 0.363. The summed E-state index contributed by atoms with van der Waals surface area (Å²) < 4.78 is 23.3. The molecule has 0 spiro atoms. The van der Waals surface area contributed by atoms with E-state index in [4.69, 9.17) is 9.15 Å². The van der Waals surface area contributed by atoms with Crippen LogP contribution in [0.25, 0.3) is 11.3 Å². The van der Waals surface area contributed by atoms with Gasteiger partial charge < -0.3 is 14.5 Å². The molecule has 0 atom stereocenters. The molecule has 0 aliphatic heterocycles. The Hall–Kier alpha value is -3.94. The monoisotopic (exact) mass is 395 g/mol. The summed E-state index contributed by atoms with van der Waals surface area (Å²) in [5.74, 6) is -0.332. The van der Waals surface area contributed by atoms with Crippen molar-refractivity contribution in [1.29, 1.82) is 0 Å². The van der Waals surface area contributed by atoms with Gasteiger partial charge in [0.2, 0.25) is 0 Å². The number of esters is 1. The maximum Gasteiger partial charge on any atom is 0.338 e. The first-order valence-electron chi connectivity index (χ1n) is 8.65. The van der Waals surface area contributed by atoms with E-state index in [2.05, 4.69) is 15.8 Å². The van der Waals surface area contributed by atoms with Gasteiger partial charge in [-0.3, -0.25) is 4.79 Å². The Morgan fingerprint density at radius 1 is 1.10 bits per heavy atom. The van der Waals surface area contributed by atoms with Gasteiger partial charge >= 0.3 is 5.97 Å². The number of rotatable bonds is 7. The molecule has 2 aromatic carbocycles. The van der Waals surface area contributed by atoms with Crippen LogP contribution >= 0.6 is 0 Å². The Kier molecular flexibility index (Phi) is 6.36. The standard InChI is InChI=1S/C21H18FN3O4/c1-28-21(27)18-5-3-2-4-17(18)19-11-10-16(29-19)12-24-25-20(26)13-23-15-8-6-14(22)7-9-15/h2-12,23H,13H2,1H3,(H,25,26)/b24-12-. The van der Waals surface area contributed by atoms with Gasteiger partial charge in [0.05, 0.1) is 25.4 Å². The molecule has 0 unspecified atom stereocenters. The fourth-order valence-corrected chi connectivity index (χ4v) is 2.51. The minimum atomic E-state index is -0.465. The van der Waals surface area contributed by atoms with Crippen molar-refractivity contribution in [3.63, 3.8) is 0 Å². The van der Waals surface area contributed by atoms with Crippen LogP contribution in [0.1, 0.15) is 16.1 Å². The third-order valence-corrected chi connectivity index (χ3v) is 3.90. The highest BCUT2D eigenvalue weighted by Gasteiger charge is 2.15. The second kappa shape index (κ2) is 9.32. The summed E-state index contributed by atoms with van der Waals surface area (Å²) in [7, 11) is 1.31. The van der Waals surface area contributed by atoms with Gasteiger partial charge in [0.15, 0.2) is 0 Å². The van der Waals surface area contributed by atoms with Crippen molar-refractivity contribution in [2.45, 2.75) is 0 Å². The smallest absolute Gasteiger partial charge is 0.338 e.